The Bertz CT molecular complexity index is 2080. The molecule has 3 heteroatoms. The predicted molar refractivity (Wildman–Crippen MR) is 187 cm³/mol. The normalized spacial score (nSPS) is 13.7. The van der Waals surface area contributed by atoms with Crippen molar-refractivity contribution in [3.63, 3.8) is 0 Å². The summed E-state index contributed by atoms with van der Waals surface area (Å²) in [6.45, 7) is 2.14. The van der Waals surface area contributed by atoms with Crippen LogP contribution in [-0.4, -0.2) is 11.2 Å². The Hall–Kier alpha value is -5.67. The SMILES string of the molecule is CCC1Nc2cccc(-c3ccc4ccccc4c3-c3ccc(-c4cc(-c5ccccc5)nc(-c5ccccc5)c4)cc3)c2O1. The van der Waals surface area contributed by atoms with Crippen molar-refractivity contribution in [3.05, 3.63) is 152 Å². The van der Waals surface area contributed by atoms with Crippen LogP contribution in [0.25, 0.3) is 66.7 Å². The van der Waals surface area contributed by atoms with Gasteiger partial charge in [0.1, 0.15) is 0 Å². The number of benzene rings is 6. The Morgan fingerprint density at radius 3 is 1.89 bits per heavy atom. The lowest BCUT2D eigenvalue weighted by Gasteiger charge is -2.17. The lowest BCUT2D eigenvalue weighted by molar-refractivity contribution is 0.249. The summed E-state index contributed by atoms with van der Waals surface area (Å²) in [5.41, 5.74) is 12.1. The second kappa shape index (κ2) is 11.4. The number of anilines is 1. The first-order valence-corrected chi connectivity index (χ1v) is 15.6. The average Bonchev–Trinajstić information content (AvgIpc) is 3.56. The molecular weight excluding hydrogens is 548 g/mol. The number of hydrogen-bond acceptors (Lipinski definition) is 3. The van der Waals surface area contributed by atoms with Crippen LogP contribution in [0.4, 0.5) is 5.69 Å². The average molecular weight is 581 g/mol. The maximum Gasteiger partial charge on any atom is 0.169 e. The van der Waals surface area contributed by atoms with E-state index in [0.29, 0.717) is 0 Å². The fourth-order valence-corrected chi connectivity index (χ4v) is 6.37. The van der Waals surface area contributed by atoms with Gasteiger partial charge in [-0.15, -0.1) is 0 Å². The van der Waals surface area contributed by atoms with Gasteiger partial charge in [0, 0.05) is 23.1 Å². The fraction of sp³-hybridized carbons (Fsp3) is 0.0714. The number of nitrogens with zero attached hydrogens (tertiary/aromatic N) is 1. The van der Waals surface area contributed by atoms with E-state index >= 15 is 0 Å². The first-order valence-electron chi connectivity index (χ1n) is 15.6. The molecule has 0 saturated carbocycles. The summed E-state index contributed by atoms with van der Waals surface area (Å²) < 4.78 is 6.40. The summed E-state index contributed by atoms with van der Waals surface area (Å²) in [4.78, 5) is 5.07. The topological polar surface area (TPSA) is 34.2 Å². The molecule has 0 bridgehead atoms. The van der Waals surface area contributed by atoms with E-state index in [0.717, 1.165) is 57.1 Å². The van der Waals surface area contributed by atoms with E-state index in [1.54, 1.807) is 0 Å². The van der Waals surface area contributed by atoms with E-state index in [9.17, 15) is 0 Å². The van der Waals surface area contributed by atoms with E-state index in [1.807, 2.05) is 12.1 Å². The molecule has 1 N–H and O–H groups in total. The van der Waals surface area contributed by atoms with Crippen LogP contribution in [0.2, 0.25) is 0 Å². The maximum atomic E-state index is 6.40. The number of aromatic nitrogens is 1. The number of rotatable bonds is 6. The Kier molecular flexibility index (Phi) is 6.84. The quantitative estimate of drug-likeness (QED) is 0.212. The molecule has 6 aromatic carbocycles. The van der Waals surface area contributed by atoms with Crippen LogP contribution < -0.4 is 10.1 Å². The Balaban J connectivity index is 1.26. The van der Waals surface area contributed by atoms with Crippen molar-refractivity contribution in [2.45, 2.75) is 19.6 Å². The van der Waals surface area contributed by atoms with Crippen molar-refractivity contribution in [3.8, 4) is 61.6 Å². The molecule has 0 fully saturated rings. The zero-order valence-corrected chi connectivity index (χ0v) is 25.1. The summed E-state index contributed by atoms with van der Waals surface area (Å²) in [6.07, 6.45) is 0.888. The molecule has 0 saturated heterocycles. The number of hydrogen-bond donors (Lipinski definition) is 1. The molecule has 3 nitrogen and oxygen atoms in total. The molecule has 1 aliphatic heterocycles. The van der Waals surface area contributed by atoms with Gasteiger partial charge in [0.05, 0.1) is 17.1 Å². The maximum absolute atomic E-state index is 6.40. The molecule has 0 amide bonds. The molecule has 216 valence electrons. The highest BCUT2D eigenvalue weighted by molar-refractivity contribution is 6.05. The van der Waals surface area contributed by atoms with Crippen LogP contribution in [0.3, 0.4) is 0 Å². The lowest BCUT2D eigenvalue weighted by Crippen LogP contribution is -2.18. The number of ether oxygens (including phenoxy) is 1. The van der Waals surface area contributed by atoms with Gasteiger partial charge in [-0.3, -0.25) is 0 Å². The van der Waals surface area contributed by atoms with Gasteiger partial charge in [0.25, 0.3) is 0 Å². The highest BCUT2D eigenvalue weighted by atomic mass is 16.5. The van der Waals surface area contributed by atoms with E-state index in [-0.39, 0.29) is 6.23 Å². The van der Waals surface area contributed by atoms with Gasteiger partial charge in [-0.05, 0) is 56.8 Å². The third-order valence-electron chi connectivity index (χ3n) is 8.65. The molecule has 1 unspecified atom stereocenters. The van der Waals surface area contributed by atoms with E-state index < -0.39 is 0 Å². The fourth-order valence-electron chi connectivity index (χ4n) is 6.37. The van der Waals surface area contributed by atoms with Crippen molar-refractivity contribution in [1.82, 2.24) is 4.98 Å². The summed E-state index contributed by atoms with van der Waals surface area (Å²) >= 11 is 0. The first-order chi connectivity index (χ1) is 22.2. The Labute approximate surface area is 263 Å². The molecule has 1 atom stereocenters. The van der Waals surface area contributed by atoms with Crippen molar-refractivity contribution >= 4 is 16.5 Å². The molecule has 0 radical (unpaired) electrons. The van der Waals surface area contributed by atoms with Crippen molar-refractivity contribution in [2.24, 2.45) is 0 Å². The lowest BCUT2D eigenvalue weighted by atomic mass is 9.88. The molecular formula is C42H32N2O. The Morgan fingerprint density at radius 1 is 0.556 bits per heavy atom. The molecule has 8 rings (SSSR count). The second-order valence-corrected chi connectivity index (χ2v) is 11.5. The molecule has 45 heavy (non-hydrogen) atoms. The molecule has 0 aliphatic carbocycles. The monoisotopic (exact) mass is 580 g/mol. The van der Waals surface area contributed by atoms with Crippen molar-refractivity contribution < 1.29 is 4.74 Å². The minimum absolute atomic E-state index is 0.00810. The van der Waals surface area contributed by atoms with Crippen LogP contribution in [0.1, 0.15) is 13.3 Å². The van der Waals surface area contributed by atoms with Crippen molar-refractivity contribution in [2.75, 3.05) is 5.32 Å². The van der Waals surface area contributed by atoms with Gasteiger partial charge >= 0.3 is 0 Å². The largest absolute Gasteiger partial charge is 0.468 e. The predicted octanol–water partition coefficient (Wildman–Crippen LogP) is 11.1. The van der Waals surface area contributed by atoms with Gasteiger partial charge in [-0.25, -0.2) is 4.98 Å². The van der Waals surface area contributed by atoms with Crippen molar-refractivity contribution in [1.29, 1.82) is 0 Å². The van der Waals surface area contributed by atoms with Crippen LogP contribution >= 0.6 is 0 Å². The number of fused-ring (bicyclic) bond motifs is 2. The van der Waals surface area contributed by atoms with Crippen LogP contribution in [0.15, 0.2) is 152 Å². The molecule has 0 spiro atoms. The number of pyridine rings is 1. The van der Waals surface area contributed by atoms with Gasteiger partial charge < -0.3 is 10.1 Å². The first kappa shape index (κ1) is 26.9. The third-order valence-corrected chi connectivity index (χ3v) is 8.65. The van der Waals surface area contributed by atoms with Gasteiger partial charge in [0.15, 0.2) is 12.0 Å². The molecule has 1 aromatic heterocycles. The molecule has 2 heterocycles. The highest BCUT2D eigenvalue weighted by Gasteiger charge is 2.25. The zero-order valence-electron chi connectivity index (χ0n) is 25.1. The standard InChI is InChI=1S/C42H32N2O/c1-2-40-44-37-19-11-18-36(42(37)45-40)35-25-24-29-12-9-10-17-34(29)41(35)32-22-20-28(21-23-32)33-26-38(30-13-5-3-6-14-30)43-39(27-33)31-15-7-4-8-16-31/h3-27,40,44H,2H2,1H3. The Morgan fingerprint density at radius 2 is 1.20 bits per heavy atom. The summed E-state index contributed by atoms with van der Waals surface area (Å²) in [6, 6.07) is 53.7. The molecule has 1 aliphatic rings. The van der Waals surface area contributed by atoms with Gasteiger partial charge in [-0.1, -0.05) is 140 Å². The summed E-state index contributed by atoms with van der Waals surface area (Å²) in [7, 11) is 0. The van der Waals surface area contributed by atoms with Gasteiger partial charge in [-0.2, -0.15) is 0 Å². The van der Waals surface area contributed by atoms with E-state index in [1.165, 1.54) is 27.5 Å². The summed E-state index contributed by atoms with van der Waals surface area (Å²) in [5, 5.41) is 5.96. The van der Waals surface area contributed by atoms with Crippen LogP contribution in [0, 0.1) is 0 Å². The van der Waals surface area contributed by atoms with Crippen LogP contribution in [-0.2, 0) is 0 Å². The number of nitrogens with one attached hydrogen (secondary N) is 1. The van der Waals surface area contributed by atoms with Crippen LogP contribution in [0.5, 0.6) is 5.75 Å². The smallest absolute Gasteiger partial charge is 0.169 e. The third kappa shape index (κ3) is 5.03. The van der Waals surface area contributed by atoms with Gasteiger partial charge in [0.2, 0.25) is 0 Å². The minimum Gasteiger partial charge on any atom is -0.468 e. The zero-order chi connectivity index (χ0) is 30.2. The molecule has 7 aromatic rings. The van der Waals surface area contributed by atoms with E-state index in [4.69, 9.17) is 9.72 Å². The summed E-state index contributed by atoms with van der Waals surface area (Å²) in [5.74, 6) is 0.927. The second-order valence-electron chi connectivity index (χ2n) is 11.5. The minimum atomic E-state index is -0.00810. The number of para-hydroxylation sites is 1. The highest BCUT2D eigenvalue weighted by Crippen LogP contribution is 2.47. The van der Waals surface area contributed by atoms with E-state index in [2.05, 4.69) is 152 Å².